The molecule has 1 fully saturated rings. The quantitative estimate of drug-likeness (QED) is 0.926. The molecule has 1 aliphatic rings. The van der Waals surface area contributed by atoms with Gasteiger partial charge in [-0.3, -0.25) is 4.79 Å². The lowest BCUT2D eigenvalue weighted by molar-refractivity contribution is -0.115. The smallest absolute Gasteiger partial charge is 0.228 e. The third kappa shape index (κ3) is 4.57. The maximum Gasteiger partial charge on any atom is 0.228 e. The van der Waals surface area contributed by atoms with Gasteiger partial charge in [-0.15, -0.1) is 0 Å². The highest BCUT2D eigenvalue weighted by molar-refractivity contribution is 5.92. The number of aryl methyl sites for hydroxylation is 1. The molecule has 4 heteroatoms. The fourth-order valence-electron chi connectivity index (χ4n) is 3.16. The average Bonchev–Trinajstić information content (AvgIpc) is 2.85. The van der Waals surface area contributed by atoms with Gasteiger partial charge in [0.1, 0.15) is 5.82 Å². The molecule has 3 rings (SSSR count). The van der Waals surface area contributed by atoms with Crippen LogP contribution < -0.4 is 10.2 Å². The first-order valence-electron chi connectivity index (χ1n) is 8.77. The van der Waals surface area contributed by atoms with E-state index in [1.165, 1.54) is 31.2 Å². The molecule has 0 radical (unpaired) electrons. The van der Waals surface area contributed by atoms with Crippen LogP contribution in [0.15, 0.2) is 42.6 Å². The van der Waals surface area contributed by atoms with Gasteiger partial charge in [0, 0.05) is 13.1 Å². The van der Waals surface area contributed by atoms with Crippen molar-refractivity contribution in [3.05, 3.63) is 53.7 Å². The Hall–Kier alpha value is -2.36. The average molecular weight is 323 g/mol. The molecule has 2 aromatic rings. The van der Waals surface area contributed by atoms with Crippen molar-refractivity contribution >= 4 is 17.4 Å². The Morgan fingerprint density at radius 2 is 1.92 bits per heavy atom. The minimum atomic E-state index is -0.00933. The van der Waals surface area contributed by atoms with E-state index in [2.05, 4.69) is 15.2 Å². The minimum Gasteiger partial charge on any atom is -0.357 e. The number of hydrogen-bond acceptors (Lipinski definition) is 3. The molecular weight excluding hydrogens is 298 g/mol. The molecule has 0 atom stereocenters. The second kappa shape index (κ2) is 7.95. The summed E-state index contributed by atoms with van der Waals surface area (Å²) >= 11 is 0. The lowest BCUT2D eigenvalue weighted by Gasteiger charge is -2.21. The Balaban J connectivity index is 1.58. The predicted molar refractivity (Wildman–Crippen MR) is 98.4 cm³/mol. The highest BCUT2D eigenvalue weighted by Gasteiger charge is 2.11. The zero-order valence-electron chi connectivity index (χ0n) is 14.3. The van der Waals surface area contributed by atoms with Gasteiger partial charge in [0.15, 0.2) is 0 Å². The Morgan fingerprint density at radius 1 is 1.12 bits per heavy atom. The number of benzene rings is 1. The number of rotatable bonds is 4. The highest BCUT2D eigenvalue weighted by atomic mass is 16.1. The summed E-state index contributed by atoms with van der Waals surface area (Å²) in [5.74, 6) is 0.999. The van der Waals surface area contributed by atoms with Crippen LogP contribution in [0.4, 0.5) is 11.5 Å². The van der Waals surface area contributed by atoms with E-state index in [1.807, 2.05) is 43.3 Å². The summed E-state index contributed by atoms with van der Waals surface area (Å²) in [5.41, 5.74) is 2.96. The van der Waals surface area contributed by atoms with E-state index in [0.29, 0.717) is 6.42 Å². The van der Waals surface area contributed by atoms with Crippen molar-refractivity contribution in [3.8, 4) is 0 Å². The molecule has 1 aliphatic heterocycles. The van der Waals surface area contributed by atoms with E-state index < -0.39 is 0 Å². The topological polar surface area (TPSA) is 45.2 Å². The van der Waals surface area contributed by atoms with Crippen molar-refractivity contribution in [3.63, 3.8) is 0 Å². The van der Waals surface area contributed by atoms with E-state index in [1.54, 1.807) is 6.20 Å². The van der Waals surface area contributed by atoms with Crippen molar-refractivity contribution in [2.75, 3.05) is 23.3 Å². The van der Waals surface area contributed by atoms with Gasteiger partial charge in [0.2, 0.25) is 5.91 Å². The van der Waals surface area contributed by atoms with Gasteiger partial charge in [-0.05, 0) is 37.5 Å². The van der Waals surface area contributed by atoms with Crippen LogP contribution in [0.3, 0.4) is 0 Å². The molecule has 1 amide bonds. The molecule has 24 heavy (non-hydrogen) atoms. The number of aromatic nitrogens is 1. The molecule has 0 spiro atoms. The van der Waals surface area contributed by atoms with Gasteiger partial charge in [0.05, 0.1) is 18.3 Å². The monoisotopic (exact) mass is 323 g/mol. The molecule has 0 saturated carbocycles. The zero-order valence-corrected chi connectivity index (χ0v) is 14.3. The van der Waals surface area contributed by atoms with E-state index in [4.69, 9.17) is 0 Å². The predicted octanol–water partition coefficient (Wildman–Crippen LogP) is 3.95. The van der Waals surface area contributed by atoms with Crippen LogP contribution in [0.5, 0.6) is 0 Å². The van der Waals surface area contributed by atoms with Crippen molar-refractivity contribution in [2.24, 2.45) is 0 Å². The second-order valence-corrected chi connectivity index (χ2v) is 6.52. The number of carbonyl (C=O) groups excluding carboxylic acids is 1. The van der Waals surface area contributed by atoms with Gasteiger partial charge in [0.25, 0.3) is 0 Å². The third-order valence-corrected chi connectivity index (χ3v) is 4.41. The molecule has 1 aromatic carbocycles. The Labute approximate surface area is 143 Å². The molecule has 1 saturated heterocycles. The Bertz CT molecular complexity index is 674. The van der Waals surface area contributed by atoms with Gasteiger partial charge in [-0.1, -0.05) is 42.7 Å². The van der Waals surface area contributed by atoms with E-state index in [9.17, 15) is 4.79 Å². The number of hydrogen-bond donors (Lipinski definition) is 1. The summed E-state index contributed by atoms with van der Waals surface area (Å²) in [7, 11) is 0. The van der Waals surface area contributed by atoms with Crippen LogP contribution in [-0.2, 0) is 11.2 Å². The molecule has 4 nitrogen and oxygen atoms in total. The van der Waals surface area contributed by atoms with Crippen molar-refractivity contribution in [1.29, 1.82) is 0 Å². The van der Waals surface area contributed by atoms with Gasteiger partial charge >= 0.3 is 0 Å². The normalized spacial score (nSPS) is 15.0. The number of amides is 1. The largest absolute Gasteiger partial charge is 0.357 e. The van der Waals surface area contributed by atoms with Crippen molar-refractivity contribution < 1.29 is 4.79 Å². The molecule has 1 N–H and O–H groups in total. The molecular formula is C20H25N3O. The summed E-state index contributed by atoms with van der Waals surface area (Å²) in [5, 5.41) is 2.93. The fourth-order valence-corrected chi connectivity index (χ4v) is 3.16. The fraction of sp³-hybridized carbons (Fsp3) is 0.400. The molecule has 0 aliphatic carbocycles. The number of nitrogens with one attached hydrogen (secondary N) is 1. The van der Waals surface area contributed by atoms with Crippen molar-refractivity contribution in [1.82, 2.24) is 4.98 Å². The van der Waals surface area contributed by atoms with Gasteiger partial charge in [-0.2, -0.15) is 0 Å². The summed E-state index contributed by atoms with van der Waals surface area (Å²) in [6.45, 7) is 4.19. The minimum absolute atomic E-state index is 0.00933. The molecule has 126 valence electrons. The highest BCUT2D eigenvalue weighted by Crippen LogP contribution is 2.19. The summed E-state index contributed by atoms with van der Waals surface area (Å²) in [4.78, 5) is 19.0. The number of pyridine rings is 1. The molecule has 1 aromatic heterocycles. The van der Waals surface area contributed by atoms with Crippen LogP contribution in [0.25, 0.3) is 0 Å². The first-order valence-corrected chi connectivity index (χ1v) is 8.77. The standard InChI is InChI=1S/C20H25N3O/c1-16-7-6-8-17(13-16)14-20(24)22-18-9-10-19(21-15-18)23-11-4-2-3-5-12-23/h6-10,13,15H,2-5,11-12,14H2,1H3,(H,22,24). The zero-order chi connectivity index (χ0) is 16.8. The summed E-state index contributed by atoms with van der Waals surface area (Å²) in [6.07, 6.45) is 7.23. The first-order chi connectivity index (χ1) is 11.7. The Kier molecular flexibility index (Phi) is 5.47. The van der Waals surface area contributed by atoms with E-state index in [-0.39, 0.29) is 5.91 Å². The van der Waals surface area contributed by atoms with Crippen LogP contribution in [-0.4, -0.2) is 24.0 Å². The number of nitrogens with zero attached hydrogens (tertiary/aromatic N) is 2. The summed E-state index contributed by atoms with van der Waals surface area (Å²) < 4.78 is 0. The van der Waals surface area contributed by atoms with Crippen LogP contribution in [0, 0.1) is 6.92 Å². The molecule has 2 heterocycles. The first kappa shape index (κ1) is 16.5. The molecule has 0 bridgehead atoms. The lowest BCUT2D eigenvalue weighted by Crippen LogP contribution is -2.24. The van der Waals surface area contributed by atoms with Crippen molar-refractivity contribution in [2.45, 2.75) is 39.0 Å². The van der Waals surface area contributed by atoms with Gasteiger partial charge < -0.3 is 10.2 Å². The van der Waals surface area contributed by atoms with Crippen LogP contribution >= 0.6 is 0 Å². The lowest BCUT2D eigenvalue weighted by atomic mass is 10.1. The SMILES string of the molecule is Cc1cccc(CC(=O)Nc2ccc(N3CCCCCC3)nc2)c1. The second-order valence-electron chi connectivity index (χ2n) is 6.52. The van der Waals surface area contributed by atoms with Gasteiger partial charge in [-0.25, -0.2) is 4.98 Å². The third-order valence-electron chi connectivity index (χ3n) is 4.41. The number of carbonyl (C=O) groups is 1. The number of anilines is 2. The molecule has 0 unspecified atom stereocenters. The van der Waals surface area contributed by atoms with E-state index >= 15 is 0 Å². The maximum absolute atomic E-state index is 12.2. The summed E-state index contributed by atoms with van der Waals surface area (Å²) in [6, 6.07) is 12.0. The van der Waals surface area contributed by atoms with E-state index in [0.717, 1.165) is 30.2 Å². The van der Waals surface area contributed by atoms with Crippen LogP contribution in [0.2, 0.25) is 0 Å². The maximum atomic E-state index is 12.2. The van der Waals surface area contributed by atoms with Crippen LogP contribution in [0.1, 0.15) is 36.8 Å². The Morgan fingerprint density at radius 3 is 2.58 bits per heavy atom.